The molecule has 0 aromatic carbocycles. The van der Waals surface area contributed by atoms with Crippen molar-refractivity contribution in [2.24, 2.45) is 0 Å². The van der Waals surface area contributed by atoms with Gasteiger partial charge in [-0.2, -0.15) is 0 Å². The summed E-state index contributed by atoms with van der Waals surface area (Å²) >= 11 is 1.22. The van der Waals surface area contributed by atoms with Gasteiger partial charge in [-0.3, -0.25) is 9.36 Å². The van der Waals surface area contributed by atoms with Crippen LogP contribution >= 0.6 is 11.8 Å². The molecule has 1 aliphatic heterocycles. The van der Waals surface area contributed by atoms with Crippen LogP contribution in [0.4, 0.5) is 5.95 Å². The molecular formula is C12H20N4O3S. The molecule has 2 heterocycles. The molecule has 0 atom stereocenters. The van der Waals surface area contributed by atoms with Crippen molar-refractivity contribution in [1.82, 2.24) is 14.8 Å². The Morgan fingerprint density at radius 2 is 2.25 bits per heavy atom. The molecule has 1 N–H and O–H groups in total. The number of hydrogen-bond donors (Lipinski definition) is 1. The topological polar surface area (TPSA) is 80.5 Å². The van der Waals surface area contributed by atoms with Crippen LogP contribution < -0.4 is 4.90 Å². The van der Waals surface area contributed by atoms with Crippen LogP contribution in [0.15, 0.2) is 5.16 Å². The molecule has 8 heteroatoms. The first kappa shape index (κ1) is 15.1. The smallest absolute Gasteiger partial charge is 0.313 e. The van der Waals surface area contributed by atoms with Gasteiger partial charge in [0, 0.05) is 26.2 Å². The van der Waals surface area contributed by atoms with Gasteiger partial charge in [-0.25, -0.2) is 0 Å². The molecule has 0 spiro atoms. The first-order valence-corrected chi connectivity index (χ1v) is 7.81. The number of aliphatic carboxylic acids is 1. The van der Waals surface area contributed by atoms with Gasteiger partial charge in [0.1, 0.15) is 0 Å². The summed E-state index contributed by atoms with van der Waals surface area (Å²) in [4.78, 5) is 12.9. The largest absolute Gasteiger partial charge is 0.481 e. The predicted octanol–water partition coefficient (Wildman–Crippen LogP) is 1.09. The molecule has 0 amide bonds. The number of hydrogen-bond acceptors (Lipinski definition) is 6. The Morgan fingerprint density at radius 1 is 1.40 bits per heavy atom. The molecular weight excluding hydrogens is 280 g/mol. The quantitative estimate of drug-likeness (QED) is 0.788. The maximum Gasteiger partial charge on any atom is 0.313 e. The fraction of sp³-hybridized carbons (Fsp3) is 0.750. The molecule has 1 aromatic heterocycles. The van der Waals surface area contributed by atoms with Crippen molar-refractivity contribution >= 4 is 23.7 Å². The molecule has 112 valence electrons. The van der Waals surface area contributed by atoms with Crippen molar-refractivity contribution in [1.29, 1.82) is 0 Å². The zero-order chi connectivity index (χ0) is 14.4. The minimum atomic E-state index is -0.842. The van der Waals surface area contributed by atoms with E-state index in [1.807, 2.05) is 4.57 Å². The summed E-state index contributed by atoms with van der Waals surface area (Å²) in [6, 6.07) is 0. The average molecular weight is 300 g/mol. The molecule has 20 heavy (non-hydrogen) atoms. The van der Waals surface area contributed by atoms with Gasteiger partial charge >= 0.3 is 5.97 Å². The number of carboxylic acids is 1. The van der Waals surface area contributed by atoms with Crippen LogP contribution in [-0.4, -0.2) is 57.9 Å². The van der Waals surface area contributed by atoms with E-state index in [2.05, 4.69) is 22.0 Å². The van der Waals surface area contributed by atoms with Gasteiger partial charge in [0.05, 0.1) is 12.4 Å². The van der Waals surface area contributed by atoms with Crippen LogP contribution in [0.1, 0.15) is 19.8 Å². The summed E-state index contributed by atoms with van der Waals surface area (Å²) < 4.78 is 7.46. The molecule has 0 radical (unpaired) electrons. The van der Waals surface area contributed by atoms with Gasteiger partial charge in [0.15, 0.2) is 5.16 Å². The molecule has 1 saturated heterocycles. The molecule has 7 nitrogen and oxygen atoms in total. The van der Waals surface area contributed by atoms with E-state index in [9.17, 15) is 4.79 Å². The highest BCUT2D eigenvalue weighted by Gasteiger charge is 2.19. The lowest BCUT2D eigenvalue weighted by atomic mass is 10.4. The third-order valence-corrected chi connectivity index (χ3v) is 3.93. The van der Waals surface area contributed by atoms with Crippen LogP contribution in [0.2, 0.25) is 0 Å². The summed E-state index contributed by atoms with van der Waals surface area (Å²) in [5.74, 6) is -0.0127. The van der Waals surface area contributed by atoms with Gasteiger partial charge in [0.2, 0.25) is 5.95 Å². The minimum absolute atomic E-state index is 0.00492. The fourth-order valence-corrected chi connectivity index (χ4v) is 2.79. The van der Waals surface area contributed by atoms with Crippen molar-refractivity contribution in [3.63, 3.8) is 0 Å². The van der Waals surface area contributed by atoms with Crippen LogP contribution in [0.3, 0.4) is 0 Å². The number of carbonyl (C=O) groups is 1. The van der Waals surface area contributed by atoms with Gasteiger partial charge < -0.3 is 14.7 Å². The molecule has 0 unspecified atom stereocenters. The van der Waals surface area contributed by atoms with Crippen LogP contribution in [0.25, 0.3) is 0 Å². The third kappa shape index (κ3) is 3.86. The van der Waals surface area contributed by atoms with E-state index < -0.39 is 5.97 Å². The summed E-state index contributed by atoms with van der Waals surface area (Å²) in [5, 5.41) is 17.8. The number of aromatic nitrogens is 3. The van der Waals surface area contributed by atoms with Crippen molar-refractivity contribution in [2.75, 3.05) is 37.0 Å². The molecule has 1 aromatic rings. The maximum absolute atomic E-state index is 10.7. The summed E-state index contributed by atoms with van der Waals surface area (Å²) in [7, 11) is 0. The maximum atomic E-state index is 10.7. The Kier molecular flexibility index (Phi) is 5.66. The highest BCUT2D eigenvalue weighted by Crippen LogP contribution is 2.23. The molecule has 0 bridgehead atoms. The SMILES string of the molecule is CCCn1c(SCC(=O)O)nnc1N1CCCOCC1. The number of anilines is 1. The Morgan fingerprint density at radius 3 is 3.00 bits per heavy atom. The van der Waals surface area contributed by atoms with E-state index >= 15 is 0 Å². The molecule has 1 fully saturated rings. The lowest BCUT2D eigenvalue weighted by Crippen LogP contribution is -2.29. The number of rotatable bonds is 6. The number of thioether (sulfide) groups is 1. The summed E-state index contributed by atoms with van der Waals surface area (Å²) in [5.41, 5.74) is 0. The zero-order valence-electron chi connectivity index (χ0n) is 11.6. The Hall–Kier alpha value is -1.28. The van der Waals surface area contributed by atoms with Crippen molar-refractivity contribution < 1.29 is 14.6 Å². The first-order chi connectivity index (χ1) is 9.72. The molecule has 2 rings (SSSR count). The van der Waals surface area contributed by atoms with E-state index in [-0.39, 0.29) is 5.75 Å². The molecule has 0 aliphatic carbocycles. The van der Waals surface area contributed by atoms with Crippen molar-refractivity contribution in [2.45, 2.75) is 31.5 Å². The number of nitrogens with zero attached hydrogens (tertiary/aromatic N) is 4. The highest BCUT2D eigenvalue weighted by molar-refractivity contribution is 7.99. The molecule has 0 saturated carbocycles. The van der Waals surface area contributed by atoms with Crippen LogP contribution in [0, 0.1) is 0 Å². The second-order valence-corrected chi connectivity index (χ2v) is 5.51. The van der Waals surface area contributed by atoms with Gasteiger partial charge in [-0.1, -0.05) is 18.7 Å². The second kappa shape index (κ2) is 7.49. The van der Waals surface area contributed by atoms with E-state index in [0.29, 0.717) is 11.8 Å². The summed E-state index contributed by atoms with van der Waals surface area (Å²) in [6.45, 7) is 6.04. The highest BCUT2D eigenvalue weighted by atomic mass is 32.2. The van der Waals surface area contributed by atoms with Gasteiger partial charge in [-0.15, -0.1) is 10.2 Å². The van der Waals surface area contributed by atoms with Gasteiger partial charge in [0.25, 0.3) is 0 Å². The zero-order valence-corrected chi connectivity index (χ0v) is 12.4. The van der Waals surface area contributed by atoms with Crippen molar-refractivity contribution in [3.8, 4) is 0 Å². The summed E-state index contributed by atoms with van der Waals surface area (Å²) in [6.07, 6.45) is 1.92. The second-order valence-electron chi connectivity index (χ2n) is 4.57. The van der Waals surface area contributed by atoms with Gasteiger partial charge in [-0.05, 0) is 12.8 Å². The molecule has 1 aliphatic rings. The number of ether oxygens (including phenoxy) is 1. The Labute approximate surface area is 122 Å². The standard InChI is InChI=1S/C12H20N4O3S/c1-2-4-16-11(15-5-3-7-19-8-6-15)13-14-12(16)20-9-10(17)18/h2-9H2,1H3,(H,17,18). The number of carboxylic acid groups (broad SMARTS) is 1. The lowest BCUT2D eigenvalue weighted by Gasteiger charge is -2.21. The Balaban J connectivity index is 2.16. The van der Waals surface area contributed by atoms with Crippen molar-refractivity contribution in [3.05, 3.63) is 0 Å². The normalized spacial score (nSPS) is 16.1. The fourth-order valence-electron chi connectivity index (χ4n) is 2.11. The lowest BCUT2D eigenvalue weighted by molar-refractivity contribution is -0.133. The monoisotopic (exact) mass is 300 g/mol. The van der Waals surface area contributed by atoms with E-state index in [4.69, 9.17) is 9.84 Å². The Bertz CT molecular complexity index is 444. The van der Waals surface area contributed by atoms with E-state index in [0.717, 1.165) is 45.0 Å². The van der Waals surface area contributed by atoms with Crippen LogP contribution in [0.5, 0.6) is 0 Å². The van der Waals surface area contributed by atoms with E-state index in [1.165, 1.54) is 11.8 Å². The van der Waals surface area contributed by atoms with E-state index in [1.54, 1.807) is 0 Å². The minimum Gasteiger partial charge on any atom is -0.481 e. The third-order valence-electron chi connectivity index (χ3n) is 2.97. The average Bonchev–Trinajstić information content (AvgIpc) is 2.64. The first-order valence-electron chi connectivity index (χ1n) is 6.83. The van der Waals surface area contributed by atoms with Crippen LogP contribution in [-0.2, 0) is 16.1 Å². The predicted molar refractivity (Wildman–Crippen MR) is 76.3 cm³/mol.